The zero-order valence-electron chi connectivity index (χ0n) is 11.4. The van der Waals surface area contributed by atoms with Crippen molar-refractivity contribution in [3.8, 4) is 5.75 Å². The van der Waals surface area contributed by atoms with Gasteiger partial charge in [0.2, 0.25) is 0 Å². The molecule has 0 aliphatic heterocycles. The highest BCUT2D eigenvalue weighted by molar-refractivity contribution is 5.77. The molecule has 3 N–H and O–H groups in total. The van der Waals surface area contributed by atoms with Crippen LogP contribution in [0.1, 0.15) is 19.8 Å². The molecule has 0 atom stereocenters. The second kappa shape index (κ2) is 9.22. The van der Waals surface area contributed by atoms with E-state index < -0.39 is 0 Å². The first-order valence-corrected chi connectivity index (χ1v) is 6.55. The van der Waals surface area contributed by atoms with E-state index in [1.165, 1.54) is 0 Å². The van der Waals surface area contributed by atoms with Crippen LogP contribution in [0.5, 0.6) is 5.75 Å². The van der Waals surface area contributed by atoms with Gasteiger partial charge in [-0.15, -0.1) is 0 Å². The van der Waals surface area contributed by atoms with Crippen molar-refractivity contribution in [2.45, 2.75) is 19.8 Å². The summed E-state index contributed by atoms with van der Waals surface area (Å²) in [6, 6.07) is 7.00. The first kappa shape index (κ1) is 15.3. The summed E-state index contributed by atoms with van der Waals surface area (Å²) in [6.45, 7) is 4.11. The van der Waals surface area contributed by atoms with Crippen LogP contribution in [0.15, 0.2) is 24.3 Å². The third kappa shape index (κ3) is 7.31. The Labute approximate surface area is 114 Å². The number of carbonyl (C=O) groups excluding carboxylic acids is 1. The normalized spacial score (nSPS) is 10.2. The lowest BCUT2D eigenvalue weighted by Gasteiger charge is -2.08. The van der Waals surface area contributed by atoms with E-state index in [9.17, 15) is 4.79 Å². The molecule has 0 spiro atoms. The first-order valence-electron chi connectivity index (χ1n) is 6.55. The highest BCUT2D eigenvalue weighted by Gasteiger charge is 2.02. The van der Waals surface area contributed by atoms with Crippen LogP contribution >= 0.6 is 0 Å². The molecule has 5 heteroatoms. The number of anilines is 1. The average Bonchev–Trinajstić information content (AvgIpc) is 2.40. The molecule has 0 heterocycles. The molecular formula is C14H22N2O3. The summed E-state index contributed by atoms with van der Waals surface area (Å²) < 4.78 is 10.6. The first-order chi connectivity index (χ1) is 9.22. The summed E-state index contributed by atoms with van der Waals surface area (Å²) >= 11 is 0. The lowest BCUT2D eigenvalue weighted by Crippen LogP contribution is -2.30. The van der Waals surface area contributed by atoms with Crippen LogP contribution in [0.4, 0.5) is 5.69 Å². The van der Waals surface area contributed by atoms with E-state index in [2.05, 4.69) is 12.2 Å². The number of ether oxygens (including phenoxy) is 2. The average molecular weight is 266 g/mol. The Morgan fingerprint density at radius 1 is 1.37 bits per heavy atom. The van der Waals surface area contributed by atoms with Gasteiger partial charge in [-0.25, -0.2) is 0 Å². The molecule has 0 bridgehead atoms. The highest BCUT2D eigenvalue weighted by Crippen LogP contribution is 2.13. The van der Waals surface area contributed by atoms with Crippen molar-refractivity contribution in [1.82, 2.24) is 5.32 Å². The van der Waals surface area contributed by atoms with Gasteiger partial charge < -0.3 is 20.5 Å². The van der Waals surface area contributed by atoms with Gasteiger partial charge in [0.25, 0.3) is 5.91 Å². The fourth-order valence-electron chi connectivity index (χ4n) is 1.45. The molecule has 0 saturated carbocycles. The van der Waals surface area contributed by atoms with Gasteiger partial charge in [0.1, 0.15) is 5.75 Å². The number of carbonyl (C=O) groups is 1. The fourth-order valence-corrected chi connectivity index (χ4v) is 1.45. The highest BCUT2D eigenvalue weighted by atomic mass is 16.5. The van der Waals surface area contributed by atoms with Gasteiger partial charge in [0.15, 0.2) is 6.61 Å². The molecular weight excluding hydrogens is 244 g/mol. The minimum atomic E-state index is -0.141. The number of nitrogen functional groups attached to an aromatic ring is 1. The van der Waals surface area contributed by atoms with Crippen LogP contribution < -0.4 is 15.8 Å². The molecule has 1 aromatic carbocycles. The Morgan fingerprint density at radius 3 is 2.95 bits per heavy atom. The maximum absolute atomic E-state index is 11.5. The Balaban J connectivity index is 2.08. The van der Waals surface area contributed by atoms with E-state index in [-0.39, 0.29) is 12.5 Å². The second-order valence-corrected chi connectivity index (χ2v) is 4.18. The van der Waals surface area contributed by atoms with Crippen molar-refractivity contribution >= 4 is 11.6 Å². The molecule has 0 aromatic heterocycles. The van der Waals surface area contributed by atoms with Crippen LogP contribution in [0.2, 0.25) is 0 Å². The third-order valence-corrected chi connectivity index (χ3v) is 2.36. The molecule has 0 saturated heterocycles. The van der Waals surface area contributed by atoms with Gasteiger partial charge in [0, 0.05) is 31.5 Å². The minimum Gasteiger partial charge on any atom is -0.484 e. The Morgan fingerprint density at radius 2 is 2.21 bits per heavy atom. The number of hydrogen-bond donors (Lipinski definition) is 2. The summed E-state index contributed by atoms with van der Waals surface area (Å²) in [5, 5.41) is 2.77. The standard InChI is InChI=1S/C14H22N2O3/c1-2-8-18-9-4-7-16-14(17)11-19-13-6-3-5-12(15)10-13/h3,5-6,10H,2,4,7-9,11,15H2,1H3,(H,16,17). The van der Waals surface area contributed by atoms with Gasteiger partial charge in [0.05, 0.1) is 0 Å². The molecule has 1 aromatic rings. The Hall–Kier alpha value is -1.75. The third-order valence-electron chi connectivity index (χ3n) is 2.36. The summed E-state index contributed by atoms with van der Waals surface area (Å²) in [5.74, 6) is 0.458. The van der Waals surface area contributed by atoms with Crippen LogP contribution in [-0.4, -0.2) is 32.3 Å². The lowest BCUT2D eigenvalue weighted by molar-refractivity contribution is -0.123. The zero-order chi connectivity index (χ0) is 13.9. The number of rotatable bonds is 9. The molecule has 0 unspecified atom stereocenters. The maximum Gasteiger partial charge on any atom is 0.257 e. The molecule has 106 valence electrons. The van der Waals surface area contributed by atoms with Crippen molar-refractivity contribution in [2.75, 3.05) is 32.1 Å². The summed E-state index contributed by atoms with van der Waals surface area (Å²) in [4.78, 5) is 11.5. The predicted molar refractivity (Wildman–Crippen MR) is 75.1 cm³/mol. The van der Waals surface area contributed by atoms with Gasteiger partial charge >= 0.3 is 0 Å². The summed E-state index contributed by atoms with van der Waals surface area (Å²) in [7, 11) is 0. The summed E-state index contributed by atoms with van der Waals surface area (Å²) in [6.07, 6.45) is 1.82. The number of amides is 1. The van der Waals surface area contributed by atoms with E-state index in [0.29, 0.717) is 24.6 Å². The molecule has 0 radical (unpaired) electrons. The molecule has 1 amide bonds. The lowest BCUT2D eigenvalue weighted by atomic mass is 10.3. The minimum absolute atomic E-state index is 0.000724. The monoisotopic (exact) mass is 266 g/mol. The second-order valence-electron chi connectivity index (χ2n) is 4.18. The van der Waals surface area contributed by atoms with Crippen LogP contribution in [0.25, 0.3) is 0 Å². The van der Waals surface area contributed by atoms with E-state index >= 15 is 0 Å². The Kier molecular flexibility index (Phi) is 7.43. The van der Waals surface area contributed by atoms with Crippen molar-refractivity contribution in [3.05, 3.63) is 24.3 Å². The number of nitrogens with one attached hydrogen (secondary N) is 1. The van der Waals surface area contributed by atoms with Crippen molar-refractivity contribution in [1.29, 1.82) is 0 Å². The van der Waals surface area contributed by atoms with E-state index in [4.69, 9.17) is 15.2 Å². The van der Waals surface area contributed by atoms with E-state index in [1.807, 2.05) is 0 Å². The smallest absolute Gasteiger partial charge is 0.257 e. The molecule has 0 fully saturated rings. The van der Waals surface area contributed by atoms with E-state index in [1.54, 1.807) is 24.3 Å². The number of benzene rings is 1. The number of hydrogen-bond acceptors (Lipinski definition) is 4. The van der Waals surface area contributed by atoms with Crippen molar-refractivity contribution in [2.24, 2.45) is 0 Å². The van der Waals surface area contributed by atoms with Crippen LogP contribution in [0, 0.1) is 0 Å². The zero-order valence-corrected chi connectivity index (χ0v) is 11.4. The van der Waals surface area contributed by atoms with Crippen LogP contribution in [-0.2, 0) is 9.53 Å². The maximum atomic E-state index is 11.5. The van der Waals surface area contributed by atoms with Crippen molar-refractivity contribution < 1.29 is 14.3 Å². The summed E-state index contributed by atoms with van der Waals surface area (Å²) in [5.41, 5.74) is 6.23. The number of nitrogens with two attached hydrogens (primary N) is 1. The fraction of sp³-hybridized carbons (Fsp3) is 0.500. The quantitative estimate of drug-likeness (QED) is 0.526. The molecule has 1 rings (SSSR count). The van der Waals surface area contributed by atoms with Gasteiger partial charge in [-0.05, 0) is 25.0 Å². The van der Waals surface area contributed by atoms with Crippen LogP contribution in [0.3, 0.4) is 0 Å². The van der Waals surface area contributed by atoms with Gasteiger partial charge in [-0.3, -0.25) is 4.79 Å². The predicted octanol–water partition coefficient (Wildman–Crippen LogP) is 1.58. The largest absolute Gasteiger partial charge is 0.484 e. The molecule has 5 nitrogen and oxygen atoms in total. The molecule has 0 aliphatic carbocycles. The van der Waals surface area contributed by atoms with Gasteiger partial charge in [-0.1, -0.05) is 13.0 Å². The topological polar surface area (TPSA) is 73.6 Å². The SMILES string of the molecule is CCCOCCCNC(=O)COc1cccc(N)c1. The molecule has 19 heavy (non-hydrogen) atoms. The van der Waals surface area contributed by atoms with E-state index in [0.717, 1.165) is 19.4 Å². The van der Waals surface area contributed by atoms with Crippen molar-refractivity contribution in [3.63, 3.8) is 0 Å². The Bertz CT molecular complexity index is 383. The molecule has 0 aliphatic rings. The van der Waals surface area contributed by atoms with Gasteiger partial charge in [-0.2, -0.15) is 0 Å².